The van der Waals surface area contributed by atoms with Crippen molar-refractivity contribution < 1.29 is 14.7 Å². The first-order valence-electron chi connectivity index (χ1n) is 5.63. The number of hydrogen-bond acceptors (Lipinski definition) is 3. The van der Waals surface area contributed by atoms with Crippen molar-refractivity contribution in [2.75, 3.05) is 0 Å². The van der Waals surface area contributed by atoms with Crippen LogP contribution in [0.3, 0.4) is 0 Å². The van der Waals surface area contributed by atoms with Crippen LogP contribution in [0.15, 0.2) is 24.3 Å². The Morgan fingerprint density at radius 3 is 2.65 bits per heavy atom. The third-order valence-corrected chi connectivity index (χ3v) is 2.94. The minimum atomic E-state index is -0.547. The molecule has 4 heteroatoms. The molecular weight excluding hydrogens is 218 g/mol. The maximum Gasteiger partial charge on any atom is 0.231 e. The number of likely N-dealkylation sites (tertiary alicyclic amines) is 1. The second kappa shape index (κ2) is 4.20. The molecule has 0 bridgehead atoms. The van der Waals surface area contributed by atoms with Gasteiger partial charge in [0.25, 0.3) is 0 Å². The van der Waals surface area contributed by atoms with Gasteiger partial charge in [0, 0.05) is 6.04 Å². The fourth-order valence-corrected chi connectivity index (χ4v) is 2.26. The summed E-state index contributed by atoms with van der Waals surface area (Å²) in [5.74, 6) is -0.133. The number of hydrogen-bond donors (Lipinski definition) is 1. The molecule has 0 radical (unpaired) electrons. The van der Waals surface area contributed by atoms with E-state index in [4.69, 9.17) is 0 Å². The lowest BCUT2D eigenvalue weighted by Gasteiger charge is -2.27. The van der Waals surface area contributed by atoms with Crippen LogP contribution in [-0.2, 0) is 9.59 Å². The Hall–Kier alpha value is -1.84. The molecule has 0 aliphatic carbocycles. The molecular formula is C13H15NO3. The van der Waals surface area contributed by atoms with Gasteiger partial charge in [-0.25, -0.2) is 0 Å². The number of amides is 1. The van der Waals surface area contributed by atoms with Crippen molar-refractivity contribution in [1.82, 2.24) is 4.90 Å². The molecule has 0 saturated carbocycles. The highest BCUT2D eigenvalue weighted by atomic mass is 16.3. The normalized spacial score (nSPS) is 20.4. The molecule has 1 aliphatic heterocycles. The molecule has 2 rings (SSSR count). The summed E-state index contributed by atoms with van der Waals surface area (Å²) in [7, 11) is 0. The summed E-state index contributed by atoms with van der Waals surface area (Å²) in [5, 5.41) is 9.44. The minimum Gasteiger partial charge on any atom is -0.508 e. The van der Waals surface area contributed by atoms with Crippen molar-refractivity contribution in [2.24, 2.45) is 0 Å². The number of ketones is 1. The zero-order valence-corrected chi connectivity index (χ0v) is 9.88. The SMILES string of the molecule is CC(C)N1C(=O)CC(=O)C1c1cccc(O)c1. The molecule has 1 aromatic rings. The second-order valence-corrected chi connectivity index (χ2v) is 4.54. The average Bonchev–Trinajstić information content (AvgIpc) is 2.53. The highest BCUT2D eigenvalue weighted by molar-refractivity contribution is 6.08. The van der Waals surface area contributed by atoms with E-state index in [0.29, 0.717) is 5.56 Å². The number of nitrogens with zero attached hydrogens (tertiary/aromatic N) is 1. The molecule has 0 spiro atoms. The molecule has 1 aromatic carbocycles. The van der Waals surface area contributed by atoms with Crippen LogP contribution in [-0.4, -0.2) is 27.7 Å². The van der Waals surface area contributed by atoms with Crippen LogP contribution in [0.25, 0.3) is 0 Å². The standard InChI is InChI=1S/C13H15NO3/c1-8(2)14-12(17)7-11(16)13(14)9-4-3-5-10(15)6-9/h3-6,8,13,15H,7H2,1-2H3. The summed E-state index contributed by atoms with van der Waals surface area (Å²) >= 11 is 0. The quantitative estimate of drug-likeness (QED) is 0.790. The van der Waals surface area contributed by atoms with Crippen LogP contribution < -0.4 is 0 Å². The van der Waals surface area contributed by atoms with E-state index in [1.165, 1.54) is 6.07 Å². The Balaban J connectivity index is 2.42. The first-order valence-corrected chi connectivity index (χ1v) is 5.63. The van der Waals surface area contributed by atoms with Crippen LogP contribution in [0.2, 0.25) is 0 Å². The van der Waals surface area contributed by atoms with Gasteiger partial charge >= 0.3 is 0 Å². The summed E-state index contributed by atoms with van der Waals surface area (Å²) in [6, 6.07) is 5.95. The van der Waals surface area contributed by atoms with Gasteiger partial charge in [-0.1, -0.05) is 12.1 Å². The van der Waals surface area contributed by atoms with Crippen LogP contribution >= 0.6 is 0 Å². The molecule has 4 nitrogen and oxygen atoms in total. The zero-order chi connectivity index (χ0) is 12.6. The van der Waals surface area contributed by atoms with Crippen molar-refractivity contribution in [1.29, 1.82) is 0 Å². The monoisotopic (exact) mass is 233 g/mol. The first-order chi connectivity index (χ1) is 8.00. The summed E-state index contributed by atoms with van der Waals surface area (Å²) in [5.41, 5.74) is 0.676. The predicted octanol–water partition coefficient (Wildman–Crippen LogP) is 1.64. The van der Waals surface area contributed by atoms with E-state index >= 15 is 0 Å². The first kappa shape index (κ1) is 11.6. The number of phenols is 1. The van der Waals surface area contributed by atoms with E-state index in [1.807, 2.05) is 13.8 Å². The topological polar surface area (TPSA) is 57.6 Å². The smallest absolute Gasteiger partial charge is 0.231 e. The van der Waals surface area contributed by atoms with Crippen LogP contribution in [0.5, 0.6) is 5.75 Å². The van der Waals surface area contributed by atoms with E-state index in [2.05, 4.69) is 0 Å². The van der Waals surface area contributed by atoms with Gasteiger partial charge in [-0.2, -0.15) is 0 Å². The largest absolute Gasteiger partial charge is 0.508 e. The van der Waals surface area contributed by atoms with Crippen molar-refractivity contribution in [2.45, 2.75) is 32.4 Å². The Kier molecular flexibility index (Phi) is 2.88. The predicted molar refractivity (Wildman–Crippen MR) is 62.5 cm³/mol. The van der Waals surface area contributed by atoms with Gasteiger partial charge in [0.05, 0.1) is 6.42 Å². The summed E-state index contributed by atoms with van der Waals surface area (Å²) < 4.78 is 0. The molecule has 1 unspecified atom stereocenters. The summed E-state index contributed by atoms with van der Waals surface area (Å²) in [4.78, 5) is 25.2. The molecule has 1 amide bonds. The average molecular weight is 233 g/mol. The van der Waals surface area contributed by atoms with E-state index < -0.39 is 6.04 Å². The van der Waals surface area contributed by atoms with Gasteiger partial charge in [0.2, 0.25) is 5.91 Å². The molecule has 1 heterocycles. The zero-order valence-electron chi connectivity index (χ0n) is 9.88. The van der Waals surface area contributed by atoms with Gasteiger partial charge in [-0.15, -0.1) is 0 Å². The molecule has 1 N–H and O–H groups in total. The van der Waals surface area contributed by atoms with E-state index in [-0.39, 0.29) is 29.9 Å². The molecule has 17 heavy (non-hydrogen) atoms. The van der Waals surface area contributed by atoms with E-state index in [1.54, 1.807) is 23.1 Å². The summed E-state index contributed by atoms with van der Waals surface area (Å²) in [6.45, 7) is 3.76. The molecule has 1 atom stereocenters. The lowest BCUT2D eigenvalue weighted by Crippen LogP contribution is -2.35. The number of phenolic OH excluding ortho intramolecular Hbond substituents is 1. The van der Waals surface area contributed by atoms with Crippen molar-refractivity contribution in [3.8, 4) is 5.75 Å². The van der Waals surface area contributed by atoms with Crippen LogP contribution in [0.1, 0.15) is 31.9 Å². The van der Waals surface area contributed by atoms with Gasteiger partial charge in [0.1, 0.15) is 11.8 Å². The van der Waals surface area contributed by atoms with E-state index in [9.17, 15) is 14.7 Å². The maximum atomic E-state index is 11.9. The number of carbonyl (C=O) groups is 2. The Labute approximate surface area is 99.9 Å². The number of carbonyl (C=O) groups excluding carboxylic acids is 2. The summed E-state index contributed by atoms with van der Waals surface area (Å²) in [6.07, 6.45) is -0.0432. The number of Topliss-reactive ketones (excluding diaryl/α,β-unsaturated/α-hetero) is 1. The fraction of sp³-hybridized carbons (Fsp3) is 0.385. The Morgan fingerprint density at radius 2 is 2.06 bits per heavy atom. The number of benzene rings is 1. The molecule has 1 aliphatic rings. The fourth-order valence-electron chi connectivity index (χ4n) is 2.26. The third kappa shape index (κ3) is 2.02. The van der Waals surface area contributed by atoms with Crippen molar-refractivity contribution in [3.05, 3.63) is 29.8 Å². The van der Waals surface area contributed by atoms with Crippen LogP contribution in [0.4, 0.5) is 0 Å². The van der Waals surface area contributed by atoms with Gasteiger partial charge < -0.3 is 10.0 Å². The number of rotatable bonds is 2. The third-order valence-electron chi connectivity index (χ3n) is 2.94. The highest BCUT2D eigenvalue weighted by Crippen LogP contribution is 2.32. The van der Waals surface area contributed by atoms with Gasteiger partial charge in [0.15, 0.2) is 5.78 Å². The van der Waals surface area contributed by atoms with Crippen molar-refractivity contribution in [3.63, 3.8) is 0 Å². The second-order valence-electron chi connectivity index (χ2n) is 4.54. The Morgan fingerprint density at radius 1 is 1.35 bits per heavy atom. The van der Waals surface area contributed by atoms with Gasteiger partial charge in [-0.3, -0.25) is 9.59 Å². The molecule has 1 saturated heterocycles. The molecule has 1 fully saturated rings. The maximum absolute atomic E-state index is 11.9. The minimum absolute atomic E-state index is 0.0266. The van der Waals surface area contributed by atoms with Crippen LogP contribution in [0, 0.1) is 0 Å². The Bertz CT molecular complexity index is 467. The lowest BCUT2D eigenvalue weighted by molar-refractivity contribution is -0.130. The molecule has 90 valence electrons. The molecule has 0 aromatic heterocycles. The lowest BCUT2D eigenvalue weighted by atomic mass is 10.0. The van der Waals surface area contributed by atoms with Crippen molar-refractivity contribution >= 4 is 11.7 Å². The van der Waals surface area contributed by atoms with Gasteiger partial charge in [-0.05, 0) is 31.5 Å². The number of aromatic hydroxyl groups is 1. The highest BCUT2D eigenvalue weighted by Gasteiger charge is 2.40. The van der Waals surface area contributed by atoms with E-state index in [0.717, 1.165) is 0 Å².